The first kappa shape index (κ1) is 15.5. The molecule has 2 rings (SSSR count). The van der Waals surface area contributed by atoms with Gasteiger partial charge in [0.2, 0.25) is 11.8 Å². The second-order valence-electron chi connectivity index (χ2n) is 5.42. The van der Waals surface area contributed by atoms with E-state index in [0.717, 1.165) is 31.3 Å². The molecule has 2 aliphatic heterocycles. The van der Waals surface area contributed by atoms with E-state index in [4.69, 9.17) is 10.00 Å². The summed E-state index contributed by atoms with van der Waals surface area (Å²) in [4.78, 5) is 25.4. The van der Waals surface area contributed by atoms with Crippen LogP contribution in [0, 0.1) is 11.3 Å². The van der Waals surface area contributed by atoms with Crippen molar-refractivity contribution in [2.45, 2.75) is 38.1 Å². The van der Waals surface area contributed by atoms with Crippen molar-refractivity contribution in [2.75, 3.05) is 26.3 Å². The van der Waals surface area contributed by atoms with Crippen LogP contribution in [-0.4, -0.2) is 49.1 Å². The normalized spacial score (nSPS) is 19.8. The number of nitrogens with zero attached hydrogens (tertiary/aromatic N) is 2. The Labute approximate surface area is 124 Å². The molecule has 0 aromatic heterocycles. The molecule has 2 fully saturated rings. The van der Waals surface area contributed by atoms with Gasteiger partial charge >= 0.3 is 0 Å². The Kier molecular flexibility index (Phi) is 5.76. The van der Waals surface area contributed by atoms with Gasteiger partial charge in [0.1, 0.15) is 6.42 Å². The minimum atomic E-state index is -0.230. The molecule has 2 amide bonds. The molecule has 0 atom stereocenters. The van der Waals surface area contributed by atoms with Gasteiger partial charge in [-0.05, 0) is 25.7 Å². The van der Waals surface area contributed by atoms with Gasteiger partial charge in [-0.25, -0.2) is 0 Å². The highest BCUT2D eigenvalue weighted by atomic mass is 16.5. The van der Waals surface area contributed by atoms with Crippen molar-refractivity contribution < 1.29 is 14.3 Å². The fourth-order valence-electron chi connectivity index (χ4n) is 2.64. The average molecular weight is 291 g/mol. The van der Waals surface area contributed by atoms with E-state index in [1.54, 1.807) is 6.08 Å². The van der Waals surface area contributed by atoms with Gasteiger partial charge in [0.05, 0.1) is 19.3 Å². The van der Waals surface area contributed by atoms with Crippen LogP contribution < -0.4 is 5.32 Å². The number of hydrogen-bond acceptors (Lipinski definition) is 4. The van der Waals surface area contributed by atoms with Crippen molar-refractivity contribution in [3.05, 3.63) is 11.6 Å². The van der Waals surface area contributed by atoms with E-state index in [-0.39, 0.29) is 24.3 Å². The highest BCUT2D eigenvalue weighted by molar-refractivity contribution is 5.88. The van der Waals surface area contributed by atoms with Gasteiger partial charge in [-0.2, -0.15) is 5.26 Å². The number of nitrogens with one attached hydrogen (secondary N) is 1. The Balaban J connectivity index is 1.76. The first-order chi connectivity index (χ1) is 10.2. The van der Waals surface area contributed by atoms with Crippen molar-refractivity contribution in [1.29, 1.82) is 5.26 Å². The summed E-state index contributed by atoms with van der Waals surface area (Å²) >= 11 is 0. The Hall–Kier alpha value is -1.87. The fourth-order valence-corrected chi connectivity index (χ4v) is 2.64. The molecule has 2 heterocycles. The molecular formula is C15H21N3O3. The number of piperidine rings is 1. The van der Waals surface area contributed by atoms with E-state index in [0.29, 0.717) is 26.3 Å². The van der Waals surface area contributed by atoms with Crippen LogP contribution in [0.25, 0.3) is 0 Å². The zero-order valence-electron chi connectivity index (χ0n) is 12.1. The summed E-state index contributed by atoms with van der Waals surface area (Å²) in [7, 11) is 0. The minimum absolute atomic E-state index is 0.0636. The highest BCUT2D eigenvalue weighted by Crippen LogP contribution is 2.16. The molecule has 0 aromatic rings. The van der Waals surface area contributed by atoms with Crippen LogP contribution in [-0.2, 0) is 14.3 Å². The second-order valence-corrected chi connectivity index (χ2v) is 5.42. The summed E-state index contributed by atoms with van der Waals surface area (Å²) in [5.74, 6) is -0.166. The molecule has 6 heteroatoms. The van der Waals surface area contributed by atoms with E-state index in [1.807, 2.05) is 11.0 Å². The molecule has 0 spiro atoms. The first-order valence-electron chi connectivity index (χ1n) is 7.41. The van der Waals surface area contributed by atoms with Gasteiger partial charge in [0.25, 0.3) is 0 Å². The first-order valence-corrected chi connectivity index (χ1v) is 7.41. The predicted octanol–water partition coefficient (Wildman–Crippen LogP) is 0.744. The number of rotatable bonds is 3. The Morgan fingerprint density at radius 1 is 1.33 bits per heavy atom. The number of hydrogen-bond donors (Lipinski definition) is 1. The standard InChI is InChI=1S/C15H21N3O3/c16-6-1-14(19)17-13-2-7-18(8-3-13)15(20)11-12-4-9-21-10-5-12/h11,13H,1-5,7-10H2,(H,17,19). The lowest BCUT2D eigenvalue weighted by molar-refractivity contribution is -0.127. The Morgan fingerprint density at radius 3 is 2.62 bits per heavy atom. The monoisotopic (exact) mass is 291 g/mol. The van der Waals surface area contributed by atoms with Gasteiger partial charge in [0.15, 0.2) is 0 Å². The van der Waals surface area contributed by atoms with Crippen molar-refractivity contribution in [3.8, 4) is 6.07 Å². The number of carbonyl (C=O) groups excluding carboxylic acids is 2. The summed E-state index contributed by atoms with van der Waals surface area (Å²) < 4.78 is 5.27. The van der Waals surface area contributed by atoms with Crippen molar-refractivity contribution in [3.63, 3.8) is 0 Å². The molecular weight excluding hydrogens is 270 g/mol. The summed E-state index contributed by atoms with van der Waals surface area (Å²) in [5.41, 5.74) is 1.16. The van der Waals surface area contributed by atoms with E-state index in [1.165, 1.54) is 0 Å². The SMILES string of the molecule is N#CCC(=O)NC1CCN(C(=O)C=C2CCOCC2)CC1. The average Bonchev–Trinajstić information content (AvgIpc) is 2.49. The highest BCUT2D eigenvalue weighted by Gasteiger charge is 2.23. The zero-order valence-corrected chi connectivity index (χ0v) is 12.1. The lowest BCUT2D eigenvalue weighted by atomic mass is 10.0. The van der Waals surface area contributed by atoms with Crippen LogP contribution in [0.2, 0.25) is 0 Å². The van der Waals surface area contributed by atoms with Gasteiger partial charge in [0, 0.05) is 25.2 Å². The topological polar surface area (TPSA) is 82.4 Å². The third kappa shape index (κ3) is 4.87. The van der Waals surface area contributed by atoms with Gasteiger partial charge in [-0.1, -0.05) is 5.57 Å². The molecule has 0 aromatic carbocycles. The quantitative estimate of drug-likeness (QED) is 0.778. The van der Waals surface area contributed by atoms with Crippen LogP contribution in [0.5, 0.6) is 0 Å². The fraction of sp³-hybridized carbons (Fsp3) is 0.667. The maximum atomic E-state index is 12.2. The Morgan fingerprint density at radius 2 is 2.00 bits per heavy atom. The van der Waals surface area contributed by atoms with Crippen LogP contribution in [0.3, 0.4) is 0 Å². The summed E-state index contributed by atoms with van der Waals surface area (Å²) in [6.07, 6.45) is 4.81. The minimum Gasteiger partial charge on any atom is -0.381 e. The lowest BCUT2D eigenvalue weighted by Gasteiger charge is -2.32. The van der Waals surface area contributed by atoms with E-state index in [2.05, 4.69) is 5.32 Å². The summed E-state index contributed by atoms with van der Waals surface area (Å²) in [6.45, 7) is 2.70. The number of carbonyl (C=O) groups is 2. The molecule has 114 valence electrons. The molecule has 0 bridgehead atoms. The molecule has 0 unspecified atom stereocenters. The molecule has 2 aliphatic rings. The van der Waals surface area contributed by atoms with Gasteiger partial charge in [-0.15, -0.1) is 0 Å². The van der Waals surface area contributed by atoms with Crippen LogP contribution >= 0.6 is 0 Å². The van der Waals surface area contributed by atoms with E-state index in [9.17, 15) is 9.59 Å². The van der Waals surface area contributed by atoms with Gasteiger partial charge < -0.3 is 15.0 Å². The van der Waals surface area contributed by atoms with Crippen LogP contribution in [0.4, 0.5) is 0 Å². The maximum Gasteiger partial charge on any atom is 0.246 e. The molecule has 0 aliphatic carbocycles. The number of likely N-dealkylation sites (tertiary alicyclic amines) is 1. The van der Waals surface area contributed by atoms with Crippen molar-refractivity contribution in [1.82, 2.24) is 10.2 Å². The molecule has 6 nitrogen and oxygen atoms in total. The van der Waals surface area contributed by atoms with E-state index >= 15 is 0 Å². The molecule has 1 N–H and O–H groups in total. The predicted molar refractivity (Wildman–Crippen MR) is 76.1 cm³/mol. The molecule has 0 saturated carbocycles. The molecule has 21 heavy (non-hydrogen) atoms. The largest absolute Gasteiger partial charge is 0.381 e. The van der Waals surface area contributed by atoms with E-state index < -0.39 is 0 Å². The van der Waals surface area contributed by atoms with Crippen molar-refractivity contribution >= 4 is 11.8 Å². The third-order valence-corrected chi connectivity index (χ3v) is 3.87. The van der Waals surface area contributed by atoms with Crippen molar-refractivity contribution in [2.24, 2.45) is 0 Å². The molecule has 0 radical (unpaired) electrons. The Bertz CT molecular complexity index is 451. The summed E-state index contributed by atoms with van der Waals surface area (Å²) in [5, 5.41) is 11.3. The lowest BCUT2D eigenvalue weighted by Crippen LogP contribution is -2.46. The third-order valence-electron chi connectivity index (χ3n) is 3.87. The smallest absolute Gasteiger partial charge is 0.246 e. The van der Waals surface area contributed by atoms with Crippen LogP contribution in [0.15, 0.2) is 11.6 Å². The number of nitriles is 1. The van der Waals surface area contributed by atoms with Crippen LogP contribution in [0.1, 0.15) is 32.1 Å². The van der Waals surface area contributed by atoms with Gasteiger partial charge in [-0.3, -0.25) is 9.59 Å². The maximum absolute atomic E-state index is 12.2. The zero-order chi connectivity index (χ0) is 15.1. The molecule has 2 saturated heterocycles. The second kappa shape index (κ2) is 7.79. The summed E-state index contributed by atoms with van der Waals surface area (Å²) in [6, 6.07) is 1.91. The number of amides is 2. The number of ether oxygens (including phenoxy) is 1.